The zero-order valence-corrected chi connectivity index (χ0v) is 20.4. The Morgan fingerprint density at radius 1 is 1.15 bits per heavy atom. The molecule has 0 spiro atoms. The number of carbonyl (C=O) groups is 1. The Morgan fingerprint density at radius 2 is 1.82 bits per heavy atom. The molecule has 2 aromatic rings. The van der Waals surface area contributed by atoms with Crippen molar-refractivity contribution in [3.8, 4) is 0 Å². The highest BCUT2D eigenvalue weighted by molar-refractivity contribution is 7.89. The van der Waals surface area contributed by atoms with Crippen LogP contribution in [0.15, 0.2) is 70.2 Å². The average molecular weight is 466 g/mol. The van der Waals surface area contributed by atoms with Crippen LogP contribution in [0, 0.1) is 24.2 Å². The second-order valence-corrected chi connectivity index (χ2v) is 11.8. The highest BCUT2D eigenvalue weighted by atomic mass is 32.2. The molecule has 0 saturated heterocycles. The monoisotopic (exact) mass is 465 g/mol. The van der Waals surface area contributed by atoms with E-state index in [1.54, 1.807) is 61.8 Å². The van der Waals surface area contributed by atoms with Gasteiger partial charge in [0.15, 0.2) is 0 Å². The highest BCUT2D eigenvalue weighted by Crippen LogP contribution is 2.58. The third-order valence-corrected chi connectivity index (χ3v) is 9.06. The quantitative estimate of drug-likeness (QED) is 0.482. The molecule has 0 heterocycles. The van der Waals surface area contributed by atoms with Gasteiger partial charge in [-0.2, -0.15) is 9.41 Å². The van der Waals surface area contributed by atoms with E-state index in [0.29, 0.717) is 16.9 Å². The Hall–Kier alpha value is -2.77. The number of allylic oxidation sites excluding steroid dienone is 2. The molecule has 3 aliphatic rings. The number of sulfonamides is 1. The van der Waals surface area contributed by atoms with Gasteiger partial charge in [0.1, 0.15) is 0 Å². The fraction of sp³-hybridized carbons (Fsp3) is 0.385. The number of nitrogens with one attached hydrogen (secondary N) is 1. The molecule has 33 heavy (non-hydrogen) atoms. The summed E-state index contributed by atoms with van der Waals surface area (Å²) in [6, 6.07) is 13.7. The molecule has 1 fully saturated rings. The minimum atomic E-state index is -3.58. The van der Waals surface area contributed by atoms with Crippen molar-refractivity contribution in [3.05, 3.63) is 76.9 Å². The second-order valence-electron chi connectivity index (χ2n) is 9.72. The number of hydrogen-bond donors (Lipinski definition) is 1. The number of fused-ring (bicyclic) bond motifs is 1. The van der Waals surface area contributed by atoms with E-state index in [2.05, 4.69) is 30.5 Å². The van der Waals surface area contributed by atoms with Crippen LogP contribution in [0.25, 0.3) is 0 Å². The van der Waals surface area contributed by atoms with Crippen LogP contribution in [-0.4, -0.2) is 31.9 Å². The maximum atomic E-state index is 12.8. The molecular weight excluding hydrogens is 434 g/mol. The van der Waals surface area contributed by atoms with Gasteiger partial charge < -0.3 is 0 Å². The van der Waals surface area contributed by atoms with Crippen LogP contribution in [0.2, 0.25) is 0 Å². The van der Waals surface area contributed by atoms with E-state index in [1.807, 2.05) is 6.92 Å². The summed E-state index contributed by atoms with van der Waals surface area (Å²) in [5.41, 5.74) is 6.40. The van der Waals surface area contributed by atoms with Gasteiger partial charge >= 0.3 is 0 Å². The summed E-state index contributed by atoms with van der Waals surface area (Å²) >= 11 is 0. The number of benzene rings is 2. The van der Waals surface area contributed by atoms with E-state index < -0.39 is 10.0 Å². The summed E-state index contributed by atoms with van der Waals surface area (Å²) in [6.07, 6.45) is 6.29. The Kier molecular flexibility index (Phi) is 6.29. The van der Waals surface area contributed by atoms with Gasteiger partial charge in [-0.1, -0.05) is 49.8 Å². The maximum absolute atomic E-state index is 12.8. The van der Waals surface area contributed by atoms with Crippen LogP contribution >= 0.6 is 0 Å². The molecule has 6 nitrogen and oxygen atoms in total. The van der Waals surface area contributed by atoms with Crippen molar-refractivity contribution in [1.29, 1.82) is 0 Å². The predicted molar refractivity (Wildman–Crippen MR) is 130 cm³/mol. The van der Waals surface area contributed by atoms with Gasteiger partial charge in [0.25, 0.3) is 5.91 Å². The molecule has 0 aliphatic heterocycles. The number of amides is 1. The SMILES string of the molecule is Cc1ccc(S(=O)(=O)N(C)Cc2ccc(C(=O)NN=CC3=CCC4CC3C4(C)C)cc2)cc1. The second kappa shape index (κ2) is 8.88. The van der Waals surface area contributed by atoms with E-state index in [-0.39, 0.29) is 17.3 Å². The van der Waals surface area contributed by atoms with Crippen LogP contribution in [0.5, 0.6) is 0 Å². The highest BCUT2D eigenvalue weighted by Gasteiger charge is 2.50. The minimum Gasteiger partial charge on any atom is -0.267 e. The van der Waals surface area contributed by atoms with Gasteiger partial charge in [0, 0.05) is 19.2 Å². The number of carbonyl (C=O) groups excluding carboxylic acids is 1. The molecule has 1 N–H and O–H groups in total. The van der Waals surface area contributed by atoms with E-state index in [0.717, 1.165) is 23.5 Å². The summed E-state index contributed by atoms with van der Waals surface area (Å²) in [5.74, 6) is 0.989. The number of nitrogens with zero attached hydrogens (tertiary/aromatic N) is 2. The first kappa shape index (κ1) is 23.4. The first-order valence-electron chi connectivity index (χ1n) is 11.2. The predicted octanol–water partition coefficient (Wildman–Crippen LogP) is 4.52. The lowest BCUT2D eigenvalue weighted by Gasteiger charge is -2.55. The first-order chi connectivity index (χ1) is 15.6. The van der Waals surface area contributed by atoms with Crippen LogP contribution in [0.3, 0.4) is 0 Å². The molecule has 0 aromatic heterocycles. The molecule has 174 valence electrons. The van der Waals surface area contributed by atoms with Crippen molar-refractivity contribution in [2.75, 3.05) is 7.05 Å². The molecule has 3 aliphatic carbocycles. The zero-order valence-electron chi connectivity index (χ0n) is 19.6. The van der Waals surface area contributed by atoms with Crippen molar-refractivity contribution >= 4 is 22.1 Å². The van der Waals surface area contributed by atoms with Gasteiger partial charge in [-0.05, 0) is 72.4 Å². The summed E-state index contributed by atoms with van der Waals surface area (Å²) in [6.45, 7) is 6.73. The van der Waals surface area contributed by atoms with Crippen molar-refractivity contribution in [2.45, 2.75) is 45.1 Å². The van der Waals surface area contributed by atoms with Crippen molar-refractivity contribution in [2.24, 2.45) is 22.4 Å². The third kappa shape index (κ3) is 4.66. The zero-order chi connectivity index (χ0) is 23.8. The van der Waals surface area contributed by atoms with E-state index in [9.17, 15) is 13.2 Å². The van der Waals surface area contributed by atoms with Gasteiger partial charge in [-0.3, -0.25) is 4.79 Å². The van der Waals surface area contributed by atoms with Gasteiger partial charge in [-0.15, -0.1) is 0 Å². The lowest BCUT2D eigenvalue weighted by atomic mass is 9.49. The Labute approximate surface area is 196 Å². The van der Waals surface area contributed by atoms with E-state index in [4.69, 9.17) is 0 Å². The van der Waals surface area contributed by atoms with Crippen molar-refractivity contribution < 1.29 is 13.2 Å². The minimum absolute atomic E-state index is 0.211. The Bertz CT molecular complexity index is 1200. The number of hydrazone groups is 1. The lowest BCUT2D eigenvalue weighted by molar-refractivity contribution is -0.00126. The normalized spacial score (nSPS) is 21.5. The number of aryl methyl sites for hydroxylation is 1. The number of rotatable bonds is 7. The van der Waals surface area contributed by atoms with Crippen molar-refractivity contribution in [1.82, 2.24) is 9.73 Å². The Morgan fingerprint density at radius 3 is 2.42 bits per heavy atom. The summed E-state index contributed by atoms with van der Waals surface area (Å²) in [5, 5.41) is 4.17. The van der Waals surface area contributed by atoms with Crippen molar-refractivity contribution in [3.63, 3.8) is 0 Å². The molecule has 2 atom stereocenters. The summed E-state index contributed by atoms with van der Waals surface area (Å²) < 4.78 is 26.9. The average Bonchev–Trinajstić information content (AvgIpc) is 2.79. The lowest BCUT2D eigenvalue weighted by Crippen LogP contribution is -2.48. The van der Waals surface area contributed by atoms with E-state index >= 15 is 0 Å². The molecule has 2 bridgehead atoms. The van der Waals surface area contributed by atoms with Gasteiger partial charge in [0.05, 0.1) is 11.1 Å². The fourth-order valence-corrected chi connectivity index (χ4v) is 5.93. The molecule has 5 rings (SSSR count). The Balaban J connectivity index is 1.34. The molecule has 0 radical (unpaired) electrons. The first-order valence-corrected chi connectivity index (χ1v) is 12.7. The maximum Gasteiger partial charge on any atom is 0.271 e. The summed E-state index contributed by atoms with van der Waals surface area (Å²) in [4.78, 5) is 12.7. The molecule has 1 amide bonds. The number of hydrogen-bond acceptors (Lipinski definition) is 4. The van der Waals surface area contributed by atoms with Gasteiger partial charge in [-0.25, -0.2) is 13.8 Å². The standard InChI is InChI=1S/C26H31N3O3S/c1-18-5-13-23(14-6-18)33(31,32)29(4)17-19-7-9-20(10-8-19)25(30)28-27-16-21-11-12-22-15-24(21)26(22,2)3/h5-11,13-14,16,22,24H,12,15,17H2,1-4H3,(H,28,30). The molecule has 2 aromatic carbocycles. The summed E-state index contributed by atoms with van der Waals surface area (Å²) in [7, 11) is -2.03. The molecule has 7 heteroatoms. The van der Waals surface area contributed by atoms with Crippen LogP contribution in [0.1, 0.15) is 48.2 Å². The molecule has 2 unspecified atom stereocenters. The smallest absolute Gasteiger partial charge is 0.267 e. The van der Waals surface area contributed by atoms with Crippen LogP contribution in [-0.2, 0) is 16.6 Å². The largest absolute Gasteiger partial charge is 0.271 e. The van der Waals surface area contributed by atoms with Crippen LogP contribution in [0.4, 0.5) is 0 Å². The molecular formula is C26H31N3O3S. The topological polar surface area (TPSA) is 78.8 Å². The van der Waals surface area contributed by atoms with Gasteiger partial charge in [0.2, 0.25) is 10.0 Å². The fourth-order valence-electron chi connectivity index (χ4n) is 4.77. The third-order valence-electron chi connectivity index (χ3n) is 7.24. The molecule has 1 saturated carbocycles. The van der Waals surface area contributed by atoms with Crippen LogP contribution < -0.4 is 5.43 Å². The van der Waals surface area contributed by atoms with E-state index in [1.165, 1.54) is 16.3 Å².